The van der Waals surface area contributed by atoms with Crippen LogP contribution in [0.25, 0.3) is 0 Å². The van der Waals surface area contributed by atoms with E-state index in [4.69, 9.17) is 4.42 Å². The Balaban J connectivity index is 2.76. The number of hydrogen-bond donors (Lipinski definition) is 0. The molecule has 0 spiro atoms. The van der Waals surface area contributed by atoms with Crippen molar-refractivity contribution in [3.05, 3.63) is 17.9 Å². The lowest BCUT2D eigenvalue weighted by atomic mass is 10.2. The summed E-state index contributed by atoms with van der Waals surface area (Å²) in [6, 6.07) is 3.92. The highest BCUT2D eigenvalue weighted by Crippen LogP contribution is 2.18. The van der Waals surface area contributed by atoms with Crippen molar-refractivity contribution < 1.29 is 9.21 Å². The van der Waals surface area contributed by atoms with Crippen LogP contribution in [0, 0.1) is 0 Å². The molecule has 1 atom stereocenters. The molecule has 72 valence electrons. The molecule has 0 radical (unpaired) electrons. The van der Waals surface area contributed by atoms with Gasteiger partial charge in [0.05, 0.1) is 0 Å². The Hall–Kier alpha value is -1.25. The van der Waals surface area contributed by atoms with Gasteiger partial charge in [-0.15, -0.1) is 0 Å². The van der Waals surface area contributed by atoms with Crippen LogP contribution < -0.4 is 4.90 Å². The Kier molecular flexibility index (Phi) is 3.12. The smallest absolute Gasteiger partial charge is 0.196 e. The molecule has 13 heavy (non-hydrogen) atoms. The molecule has 0 aliphatic heterocycles. The quantitative estimate of drug-likeness (QED) is 0.668. The molecule has 0 aliphatic rings. The number of carbonyl (C=O) groups excluding carboxylic acids is 1. The standard InChI is InChI=1S/C10H15NO2/c1-4-8(2)11(3)10-6-5-9(7-12)13-10/h5-8H,4H2,1-3H3. The average molecular weight is 181 g/mol. The zero-order chi connectivity index (χ0) is 9.84. The van der Waals surface area contributed by atoms with Crippen molar-refractivity contribution in [2.24, 2.45) is 0 Å². The molecule has 0 saturated carbocycles. The minimum absolute atomic E-state index is 0.380. The van der Waals surface area contributed by atoms with E-state index in [0.29, 0.717) is 18.1 Å². The first-order chi connectivity index (χ1) is 6.19. The Labute approximate surface area is 78.3 Å². The maximum absolute atomic E-state index is 10.4. The van der Waals surface area contributed by atoms with E-state index < -0.39 is 0 Å². The van der Waals surface area contributed by atoms with Gasteiger partial charge in [-0.05, 0) is 19.4 Å². The monoisotopic (exact) mass is 181 g/mol. The van der Waals surface area contributed by atoms with Gasteiger partial charge in [0.1, 0.15) is 0 Å². The SMILES string of the molecule is CCC(C)N(C)c1ccc(C=O)o1. The highest BCUT2D eigenvalue weighted by atomic mass is 16.4. The van der Waals surface area contributed by atoms with Crippen molar-refractivity contribution in [2.45, 2.75) is 26.3 Å². The summed E-state index contributed by atoms with van der Waals surface area (Å²) in [7, 11) is 1.96. The average Bonchev–Trinajstić information content (AvgIpc) is 2.63. The molecule has 1 unspecified atom stereocenters. The first-order valence-electron chi connectivity index (χ1n) is 4.47. The first kappa shape index (κ1) is 9.84. The van der Waals surface area contributed by atoms with Gasteiger partial charge in [-0.2, -0.15) is 0 Å². The zero-order valence-corrected chi connectivity index (χ0v) is 8.28. The summed E-state index contributed by atoms with van der Waals surface area (Å²) in [4.78, 5) is 12.4. The van der Waals surface area contributed by atoms with Gasteiger partial charge in [-0.25, -0.2) is 0 Å². The topological polar surface area (TPSA) is 33.5 Å². The van der Waals surface area contributed by atoms with Crippen molar-refractivity contribution in [2.75, 3.05) is 11.9 Å². The molecule has 1 heterocycles. The van der Waals surface area contributed by atoms with Gasteiger partial charge in [0.2, 0.25) is 0 Å². The van der Waals surface area contributed by atoms with Crippen molar-refractivity contribution in [3.8, 4) is 0 Å². The molecular weight excluding hydrogens is 166 g/mol. The maximum atomic E-state index is 10.4. The summed E-state index contributed by atoms with van der Waals surface area (Å²) in [6.07, 6.45) is 1.77. The molecule has 0 bridgehead atoms. The van der Waals surface area contributed by atoms with Crippen LogP contribution >= 0.6 is 0 Å². The van der Waals surface area contributed by atoms with Gasteiger partial charge in [-0.3, -0.25) is 4.79 Å². The second-order valence-electron chi connectivity index (χ2n) is 3.16. The molecule has 3 heteroatoms. The molecule has 1 aromatic rings. The fourth-order valence-corrected chi connectivity index (χ4v) is 1.09. The van der Waals surface area contributed by atoms with E-state index in [-0.39, 0.29) is 0 Å². The van der Waals surface area contributed by atoms with Gasteiger partial charge in [-0.1, -0.05) is 6.92 Å². The largest absolute Gasteiger partial charge is 0.438 e. The molecule has 3 nitrogen and oxygen atoms in total. The third kappa shape index (κ3) is 2.11. The lowest BCUT2D eigenvalue weighted by Crippen LogP contribution is -2.27. The number of hydrogen-bond acceptors (Lipinski definition) is 3. The van der Waals surface area contributed by atoms with E-state index in [2.05, 4.69) is 13.8 Å². The van der Waals surface area contributed by atoms with E-state index in [9.17, 15) is 4.79 Å². The molecule has 0 saturated heterocycles. The van der Waals surface area contributed by atoms with Crippen LogP contribution in [0.4, 0.5) is 5.88 Å². The Bertz CT molecular complexity index is 280. The number of furan rings is 1. The van der Waals surface area contributed by atoms with Crippen LogP contribution in [0.5, 0.6) is 0 Å². The molecule has 1 aromatic heterocycles. The lowest BCUT2D eigenvalue weighted by Gasteiger charge is -2.22. The van der Waals surface area contributed by atoms with Crippen LogP contribution in [0.2, 0.25) is 0 Å². The fourth-order valence-electron chi connectivity index (χ4n) is 1.09. The van der Waals surface area contributed by atoms with E-state index >= 15 is 0 Å². The van der Waals surface area contributed by atoms with Crippen molar-refractivity contribution in [3.63, 3.8) is 0 Å². The van der Waals surface area contributed by atoms with Gasteiger partial charge in [0.15, 0.2) is 17.9 Å². The van der Waals surface area contributed by atoms with Crippen LogP contribution in [0.3, 0.4) is 0 Å². The number of nitrogens with zero attached hydrogens (tertiary/aromatic N) is 1. The number of aldehydes is 1. The minimum Gasteiger partial charge on any atom is -0.438 e. The predicted octanol–water partition coefficient (Wildman–Crippen LogP) is 2.33. The van der Waals surface area contributed by atoms with E-state index in [1.165, 1.54) is 0 Å². The summed E-state index contributed by atoms with van der Waals surface area (Å²) in [5.41, 5.74) is 0. The third-order valence-electron chi connectivity index (χ3n) is 2.33. The van der Waals surface area contributed by atoms with E-state index in [0.717, 1.165) is 12.3 Å². The minimum atomic E-state index is 0.380. The molecular formula is C10H15NO2. The second-order valence-corrected chi connectivity index (χ2v) is 3.16. The molecule has 1 rings (SSSR count). The molecule has 0 amide bonds. The third-order valence-corrected chi connectivity index (χ3v) is 2.33. The van der Waals surface area contributed by atoms with Crippen molar-refractivity contribution in [1.82, 2.24) is 0 Å². The normalized spacial score (nSPS) is 12.5. The summed E-state index contributed by atoms with van der Waals surface area (Å²) in [5.74, 6) is 1.13. The summed E-state index contributed by atoms with van der Waals surface area (Å²) in [6.45, 7) is 4.23. The number of carbonyl (C=O) groups is 1. The van der Waals surface area contributed by atoms with Crippen molar-refractivity contribution in [1.29, 1.82) is 0 Å². The van der Waals surface area contributed by atoms with E-state index in [1.54, 1.807) is 6.07 Å². The van der Waals surface area contributed by atoms with Crippen LogP contribution in [0.1, 0.15) is 30.8 Å². The highest BCUT2D eigenvalue weighted by molar-refractivity contribution is 5.71. The number of anilines is 1. The Morgan fingerprint density at radius 3 is 2.77 bits per heavy atom. The van der Waals surface area contributed by atoms with Gasteiger partial charge < -0.3 is 9.32 Å². The molecule has 0 aliphatic carbocycles. The maximum Gasteiger partial charge on any atom is 0.196 e. The van der Waals surface area contributed by atoms with Crippen LogP contribution in [0.15, 0.2) is 16.5 Å². The Morgan fingerprint density at radius 1 is 1.62 bits per heavy atom. The van der Waals surface area contributed by atoms with Gasteiger partial charge in [0.25, 0.3) is 0 Å². The summed E-state index contributed by atoms with van der Waals surface area (Å²) >= 11 is 0. The molecule has 0 fully saturated rings. The fraction of sp³-hybridized carbons (Fsp3) is 0.500. The van der Waals surface area contributed by atoms with Crippen molar-refractivity contribution >= 4 is 12.2 Å². The zero-order valence-electron chi connectivity index (χ0n) is 8.28. The summed E-state index contributed by atoms with van der Waals surface area (Å²) < 4.78 is 5.28. The first-order valence-corrected chi connectivity index (χ1v) is 4.47. The molecule has 0 aromatic carbocycles. The lowest BCUT2D eigenvalue weighted by molar-refractivity contribution is 0.110. The van der Waals surface area contributed by atoms with E-state index in [1.807, 2.05) is 18.0 Å². The Morgan fingerprint density at radius 2 is 2.31 bits per heavy atom. The molecule has 0 N–H and O–H groups in total. The number of rotatable bonds is 4. The van der Waals surface area contributed by atoms with Crippen LogP contribution in [-0.2, 0) is 0 Å². The summed E-state index contributed by atoms with van der Waals surface area (Å²) in [5, 5.41) is 0. The van der Waals surface area contributed by atoms with Crippen LogP contribution in [-0.4, -0.2) is 19.4 Å². The second kappa shape index (κ2) is 4.12. The van der Waals surface area contributed by atoms with Gasteiger partial charge >= 0.3 is 0 Å². The predicted molar refractivity (Wildman–Crippen MR) is 52.3 cm³/mol. The van der Waals surface area contributed by atoms with Gasteiger partial charge in [0, 0.05) is 19.2 Å². The highest BCUT2D eigenvalue weighted by Gasteiger charge is 2.11.